The second-order valence-electron chi connectivity index (χ2n) is 2.68. The Balaban J connectivity index is 2.51. The summed E-state index contributed by atoms with van der Waals surface area (Å²) in [7, 11) is 1.55. The van der Waals surface area contributed by atoms with Crippen LogP contribution in [0.4, 0.5) is 18.3 Å². The molecule has 0 unspecified atom stereocenters. The standard InChI is InChI=1S/C6H8F3N3S2/c1-12(3-2-6(7,8)9)4-10-11-5(13)14-4/h2-3H2,1H3,(H,11,13). The van der Waals surface area contributed by atoms with Gasteiger partial charge in [-0.15, -0.1) is 5.10 Å². The Hall–Kier alpha value is -0.630. The summed E-state index contributed by atoms with van der Waals surface area (Å²) in [5.74, 6) is 0. The van der Waals surface area contributed by atoms with Gasteiger partial charge in [0.05, 0.1) is 6.42 Å². The highest BCUT2D eigenvalue weighted by Crippen LogP contribution is 2.22. The molecule has 0 aromatic carbocycles. The van der Waals surface area contributed by atoms with E-state index in [2.05, 4.69) is 10.2 Å². The molecule has 3 nitrogen and oxygen atoms in total. The highest BCUT2D eigenvalue weighted by Gasteiger charge is 2.27. The molecular weight excluding hydrogens is 235 g/mol. The average molecular weight is 243 g/mol. The molecule has 0 saturated heterocycles. The first-order chi connectivity index (χ1) is 6.38. The van der Waals surface area contributed by atoms with Gasteiger partial charge in [-0.05, 0) is 12.2 Å². The van der Waals surface area contributed by atoms with Crippen molar-refractivity contribution < 1.29 is 13.2 Å². The van der Waals surface area contributed by atoms with Gasteiger partial charge in [0, 0.05) is 13.6 Å². The fourth-order valence-electron chi connectivity index (χ4n) is 0.775. The van der Waals surface area contributed by atoms with Gasteiger partial charge in [-0.1, -0.05) is 11.3 Å². The van der Waals surface area contributed by atoms with E-state index in [4.69, 9.17) is 12.2 Å². The highest BCUT2D eigenvalue weighted by molar-refractivity contribution is 7.73. The fraction of sp³-hybridized carbons (Fsp3) is 0.667. The minimum absolute atomic E-state index is 0.111. The zero-order valence-electron chi connectivity index (χ0n) is 7.26. The summed E-state index contributed by atoms with van der Waals surface area (Å²) in [4.78, 5) is 1.42. The van der Waals surface area contributed by atoms with Crippen molar-refractivity contribution in [3.05, 3.63) is 3.95 Å². The largest absolute Gasteiger partial charge is 0.390 e. The topological polar surface area (TPSA) is 31.9 Å². The van der Waals surface area contributed by atoms with Crippen molar-refractivity contribution in [3.8, 4) is 0 Å². The van der Waals surface area contributed by atoms with Gasteiger partial charge in [0.2, 0.25) is 5.13 Å². The lowest BCUT2D eigenvalue weighted by atomic mass is 10.4. The molecule has 0 radical (unpaired) electrons. The molecule has 1 heterocycles. The Kier molecular flexibility index (Phi) is 3.48. The third kappa shape index (κ3) is 3.62. The number of hydrogen-bond acceptors (Lipinski definition) is 4. The predicted octanol–water partition coefficient (Wildman–Crippen LogP) is 2.59. The summed E-state index contributed by atoms with van der Waals surface area (Å²) in [6.45, 7) is -0.111. The van der Waals surface area contributed by atoms with Gasteiger partial charge in [0.25, 0.3) is 0 Å². The second kappa shape index (κ2) is 4.26. The molecule has 1 rings (SSSR count). The quantitative estimate of drug-likeness (QED) is 0.828. The van der Waals surface area contributed by atoms with E-state index in [1.807, 2.05) is 0 Å². The van der Waals surface area contributed by atoms with Crippen LogP contribution in [0.1, 0.15) is 6.42 Å². The number of alkyl halides is 3. The molecule has 0 spiro atoms. The number of hydrogen-bond donors (Lipinski definition) is 1. The molecule has 0 fully saturated rings. The summed E-state index contributed by atoms with van der Waals surface area (Å²) >= 11 is 5.91. The van der Waals surface area contributed by atoms with Crippen LogP contribution in [0.3, 0.4) is 0 Å². The van der Waals surface area contributed by atoms with Crippen LogP contribution in [0.2, 0.25) is 0 Å². The van der Waals surface area contributed by atoms with Crippen molar-refractivity contribution in [1.82, 2.24) is 10.2 Å². The molecule has 14 heavy (non-hydrogen) atoms. The Bertz CT molecular complexity index is 343. The molecule has 0 atom stereocenters. The number of nitrogens with zero attached hydrogens (tertiary/aromatic N) is 2. The third-order valence-electron chi connectivity index (χ3n) is 1.48. The summed E-state index contributed by atoms with van der Waals surface area (Å²) in [6.07, 6.45) is -4.98. The lowest BCUT2D eigenvalue weighted by molar-refractivity contribution is -0.132. The molecule has 0 aliphatic carbocycles. The Labute approximate surface area is 87.6 Å². The number of halogens is 3. The van der Waals surface area contributed by atoms with E-state index in [1.165, 1.54) is 4.90 Å². The molecule has 80 valence electrons. The van der Waals surface area contributed by atoms with E-state index in [0.717, 1.165) is 11.3 Å². The van der Waals surface area contributed by atoms with Crippen LogP contribution in [0, 0.1) is 3.95 Å². The highest BCUT2D eigenvalue weighted by atomic mass is 32.1. The number of rotatable bonds is 3. The molecule has 1 aromatic heterocycles. The molecule has 1 aromatic rings. The zero-order chi connectivity index (χ0) is 10.8. The summed E-state index contributed by atoms with van der Waals surface area (Å²) in [6, 6.07) is 0. The van der Waals surface area contributed by atoms with E-state index in [9.17, 15) is 13.2 Å². The van der Waals surface area contributed by atoms with E-state index < -0.39 is 12.6 Å². The number of aromatic nitrogens is 2. The van der Waals surface area contributed by atoms with Crippen molar-refractivity contribution in [2.24, 2.45) is 0 Å². The lowest BCUT2D eigenvalue weighted by Crippen LogP contribution is -2.23. The van der Waals surface area contributed by atoms with Gasteiger partial charge in [-0.3, -0.25) is 5.10 Å². The van der Waals surface area contributed by atoms with Crippen molar-refractivity contribution in [3.63, 3.8) is 0 Å². The Morgan fingerprint density at radius 2 is 2.21 bits per heavy atom. The van der Waals surface area contributed by atoms with Crippen LogP contribution in [-0.2, 0) is 0 Å². The van der Waals surface area contributed by atoms with Gasteiger partial charge in [0.15, 0.2) is 3.95 Å². The SMILES string of the molecule is CN(CCC(F)(F)F)c1n[nH]c(=S)s1. The Morgan fingerprint density at radius 3 is 2.64 bits per heavy atom. The van der Waals surface area contributed by atoms with Crippen LogP contribution in [0.15, 0.2) is 0 Å². The van der Waals surface area contributed by atoms with E-state index in [1.54, 1.807) is 7.05 Å². The first-order valence-corrected chi connectivity index (χ1v) is 4.94. The number of aromatic amines is 1. The average Bonchev–Trinajstić information content (AvgIpc) is 2.46. The van der Waals surface area contributed by atoms with E-state index in [-0.39, 0.29) is 6.54 Å². The maximum atomic E-state index is 11.9. The number of H-pyrrole nitrogens is 1. The molecule has 0 saturated carbocycles. The van der Waals surface area contributed by atoms with Gasteiger partial charge >= 0.3 is 6.18 Å². The fourth-order valence-corrected chi connectivity index (χ4v) is 1.64. The molecule has 0 aliphatic heterocycles. The van der Waals surface area contributed by atoms with E-state index >= 15 is 0 Å². The monoisotopic (exact) mass is 243 g/mol. The molecule has 1 N–H and O–H groups in total. The van der Waals surface area contributed by atoms with Gasteiger partial charge in [0.1, 0.15) is 0 Å². The number of nitrogens with one attached hydrogen (secondary N) is 1. The minimum atomic E-state index is -4.13. The van der Waals surface area contributed by atoms with Crippen molar-refractivity contribution in [1.29, 1.82) is 0 Å². The number of anilines is 1. The van der Waals surface area contributed by atoms with Crippen LogP contribution < -0.4 is 4.90 Å². The van der Waals surface area contributed by atoms with Crippen LogP contribution in [-0.4, -0.2) is 30.0 Å². The molecular formula is C6H8F3N3S2. The molecule has 8 heteroatoms. The summed E-state index contributed by atoms with van der Waals surface area (Å²) in [5.41, 5.74) is 0. The van der Waals surface area contributed by atoms with Gasteiger partial charge in [-0.25, -0.2) is 0 Å². The maximum Gasteiger partial charge on any atom is 0.390 e. The molecule has 0 bridgehead atoms. The second-order valence-corrected chi connectivity index (χ2v) is 4.33. The maximum absolute atomic E-state index is 11.9. The van der Waals surface area contributed by atoms with Crippen LogP contribution >= 0.6 is 23.6 Å². The summed E-state index contributed by atoms with van der Waals surface area (Å²) < 4.78 is 36.1. The molecule has 0 amide bonds. The first-order valence-electron chi connectivity index (χ1n) is 3.72. The normalized spacial score (nSPS) is 11.7. The first kappa shape index (κ1) is 11.4. The van der Waals surface area contributed by atoms with Crippen molar-refractivity contribution in [2.45, 2.75) is 12.6 Å². The van der Waals surface area contributed by atoms with Gasteiger partial charge < -0.3 is 4.90 Å². The minimum Gasteiger partial charge on any atom is -0.349 e. The van der Waals surface area contributed by atoms with Crippen molar-refractivity contribution in [2.75, 3.05) is 18.5 Å². The lowest BCUT2D eigenvalue weighted by Gasteiger charge is -2.15. The summed E-state index contributed by atoms with van der Waals surface area (Å²) in [5, 5.41) is 6.74. The third-order valence-corrected chi connectivity index (χ3v) is 2.69. The smallest absolute Gasteiger partial charge is 0.349 e. The zero-order valence-corrected chi connectivity index (χ0v) is 8.89. The van der Waals surface area contributed by atoms with Crippen LogP contribution in [0.25, 0.3) is 0 Å². The van der Waals surface area contributed by atoms with Gasteiger partial charge in [-0.2, -0.15) is 13.2 Å². The van der Waals surface area contributed by atoms with E-state index in [0.29, 0.717) is 9.09 Å². The van der Waals surface area contributed by atoms with Crippen molar-refractivity contribution >= 4 is 28.7 Å². The van der Waals surface area contributed by atoms with Crippen LogP contribution in [0.5, 0.6) is 0 Å². The molecule has 0 aliphatic rings. The Morgan fingerprint density at radius 1 is 1.57 bits per heavy atom. The predicted molar refractivity (Wildman–Crippen MR) is 51.2 cm³/mol.